The summed E-state index contributed by atoms with van der Waals surface area (Å²) in [5.74, 6) is 1.83. The van der Waals surface area contributed by atoms with E-state index in [0.29, 0.717) is 29.6 Å². The van der Waals surface area contributed by atoms with E-state index in [2.05, 4.69) is 20.4 Å². The van der Waals surface area contributed by atoms with Crippen molar-refractivity contribution in [1.29, 1.82) is 0 Å². The van der Waals surface area contributed by atoms with Crippen molar-refractivity contribution in [1.82, 2.24) is 0 Å². The number of ketones is 1. The number of Topliss-reactive ketones (excluding diaryl/α,β-unsaturated/α-hetero) is 1. The Kier molecular flexibility index (Phi) is 2.72. The van der Waals surface area contributed by atoms with Gasteiger partial charge in [-0.1, -0.05) is 20.4 Å². The lowest BCUT2D eigenvalue weighted by molar-refractivity contribution is -0.118. The lowest BCUT2D eigenvalue weighted by Gasteiger charge is -2.59. The predicted molar refractivity (Wildman–Crippen MR) is 73.8 cm³/mol. The molecular weight excluding hydrogens is 222 g/mol. The van der Waals surface area contributed by atoms with Crippen molar-refractivity contribution in [2.45, 2.75) is 58.4 Å². The first-order valence-corrected chi connectivity index (χ1v) is 7.24. The fourth-order valence-corrected chi connectivity index (χ4v) is 4.06. The molecular formula is C16H23NO. The molecule has 18 heavy (non-hydrogen) atoms. The Hall–Kier alpha value is -0.920. The maximum Gasteiger partial charge on any atom is 0.138 e. The molecule has 3 atom stereocenters. The summed E-state index contributed by atoms with van der Waals surface area (Å²) in [4.78, 5) is 16.3. The summed E-state index contributed by atoms with van der Waals surface area (Å²) in [5, 5.41) is 0. The van der Waals surface area contributed by atoms with Crippen molar-refractivity contribution in [3.8, 4) is 0 Å². The van der Waals surface area contributed by atoms with Crippen molar-refractivity contribution in [3.63, 3.8) is 0 Å². The lowest BCUT2D eigenvalue weighted by Crippen LogP contribution is -2.53. The van der Waals surface area contributed by atoms with Gasteiger partial charge in [-0.2, -0.15) is 0 Å². The molecule has 4 rings (SSSR count). The van der Waals surface area contributed by atoms with E-state index < -0.39 is 0 Å². The van der Waals surface area contributed by atoms with Crippen LogP contribution in [0.1, 0.15) is 52.4 Å². The van der Waals surface area contributed by atoms with Gasteiger partial charge in [0.15, 0.2) is 0 Å². The fourth-order valence-electron chi connectivity index (χ4n) is 4.06. The van der Waals surface area contributed by atoms with Crippen molar-refractivity contribution in [2.24, 2.45) is 22.2 Å². The van der Waals surface area contributed by atoms with E-state index >= 15 is 0 Å². The number of hydrogen-bond acceptors (Lipinski definition) is 2. The number of carbonyl (C=O) groups is 1. The molecule has 98 valence electrons. The second-order valence-electron chi connectivity index (χ2n) is 6.90. The Bertz CT molecular complexity index is 432. The first kappa shape index (κ1) is 12.1. The third-order valence-electron chi connectivity index (χ3n) is 5.51. The van der Waals surface area contributed by atoms with Gasteiger partial charge in [-0.3, -0.25) is 9.79 Å². The van der Waals surface area contributed by atoms with Gasteiger partial charge in [0.25, 0.3) is 0 Å². The first-order chi connectivity index (χ1) is 8.48. The van der Waals surface area contributed by atoms with Crippen LogP contribution in [0.15, 0.2) is 17.1 Å². The highest BCUT2D eigenvalue weighted by molar-refractivity contribution is 6.04. The molecule has 0 aromatic carbocycles. The molecule has 2 bridgehead atoms. The second kappa shape index (κ2) is 4.04. The molecule has 4 fully saturated rings. The maximum atomic E-state index is 11.5. The zero-order valence-electron chi connectivity index (χ0n) is 11.5. The van der Waals surface area contributed by atoms with Crippen molar-refractivity contribution >= 4 is 11.5 Å². The highest BCUT2D eigenvalue weighted by atomic mass is 16.1. The van der Waals surface area contributed by atoms with Gasteiger partial charge in [-0.25, -0.2) is 0 Å². The standard InChI is InChI=1S/C16H23NO/c1-10-14-7-11(16(14,2)3)8-15(10)17-12-5-4-6-13(18)9-12/h11,14-15H,1,4-9H2,2-3H3/t11-,14+,15+/m0/s1. The average molecular weight is 245 g/mol. The van der Waals surface area contributed by atoms with Crippen LogP contribution in [0.25, 0.3) is 0 Å². The Morgan fingerprint density at radius 3 is 2.67 bits per heavy atom. The van der Waals surface area contributed by atoms with Crippen LogP contribution in [0, 0.1) is 17.3 Å². The lowest BCUT2D eigenvalue weighted by atomic mass is 9.46. The van der Waals surface area contributed by atoms with Crippen molar-refractivity contribution in [2.75, 3.05) is 0 Å². The SMILES string of the molecule is C=C1[C@H]2C[C@@H](C[C@H]1N=C1CCCC(=O)C1)C2(C)C. The maximum absolute atomic E-state index is 11.5. The molecule has 2 nitrogen and oxygen atoms in total. The number of rotatable bonds is 1. The quantitative estimate of drug-likeness (QED) is 0.649. The minimum atomic E-state index is 0.308. The van der Waals surface area contributed by atoms with Crippen LogP contribution in [0.3, 0.4) is 0 Å². The number of carbonyl (C=O) groups excluding carboxylic acids is 1. The van der Waals surface area contributed by atoms with Gasteiger partial charge in [0, 0.05) is 18.6 Å². The van der Waals surface area contributed by atoms with Gasteiger partial charge in [0.2, 0.25) is 0 Å². The fraction of sp³-hybridized carbons (Fsp3) is 0.750. The van der Waals surface area contributed by atoms with Crippen LogP contribution >= 0.6 is 0 Å². The Morgan fingerprint density at radius 2 is 2.06 bits per heavy atom. The van der Waals surface area contributed by atoms with E-state index in [4.69, 9.17) is 4.99 Å². The van der Waals surface area contributed by atoms with Crippen molar-refractivity contribution < 1.29 is 4.79 Å². The third kappa shape index (κ3) is 1.77. The number of hydrogen-bond donors (Lipinski definition) is 0. The van der Waals surface area contributed by atoms with E-state index in [1.54, 1.807) is 0 Å². The Balaban J connectivity index is 1.74. The van der Waals surface area contributed by atoms with Crippen LogP contribution < -0.4 is 0 Å². The van der Waals surface area contributed by atoms with Crippen LogP contribution in [0.5, 0.6) is 0 Å². The molecule has 0 radical (unpaired) electrons. The molecule has 0 aromatic rings. The van der Waals surface area contributed by atoms with E-state index in [1.807, 2.05) is 0 Å². The molecule has 0 heterocycles. The molecule has 0 N–H and O–H groups in total. The molecule has 4 aliphatic rings. The summed E-state index contributed by atoms with van der Waals surface area (Å²) in [5.41, 5.74) is 2.90. The van der Waals surface area contributed by atoms with Gasteiger partial charge >= 0.3 is 0 Å². The topological polar surface area (TPSA) is 29.4 Å². The largest absolute Gasteiger partial charge is 0.299 e. The molecule has 4 aliphatic carbocycles. The minimum absolute atomic E-state index is 0.308. The highest BCUT2D eigenvalue weighted by Crippen LogP contribution is 2.61. The Morgan fingerprint density at radius 1 is 1.28 bits per heavy atom. The summed E-state index contributed by atoms with van der Waals surface area (Å²) in [6, 6.07) is 0.308. The second-order valence-corrected chi connectivity index (χ2v) is 6.90. The van der Waals surface area contributed by atoms with Gasteiger partial charge in [0.05, 0.1) is 6.04 Å². The van der Waals surface area contributed by atoms with E-state index in [-0.39, 0.29) is 0 Å². The van der Waals surface area contributed by atoms with Crippen LogP contribution in [-0.2, 0) is 4.79 Å². The van der Waals surface area contributed by atoms with Crippen LogP contribution in [0.2, 0.25) is 0 Å². The third-order valence-corrected chi connectivity index (χ3v) is 5.51. The smallest absolute Gasteiger partial charge is 0.138 e. The normalized spacial score (nSPS) is 40.8. The zero-order chi connectivity index (χ0) is 12.9. The zero-order valence-corrected chi connectivity index (χ0v) is 11.5. The van der Waals surface area contributed by atoms with E-state index in [9.17, 15) is 4.79 Å². The molecule has 2 heteroatoms. The van der Waals surface area contributed by atoms with Gasteiger partial charge in [-0.05, 0) is 48.5 Å². The van der Waals surface area contributed by atoms with Crippen LogP contribution in [-0.4, -0.2) is 17.5 Å². The summed E-state index contributed by atoms with van der Waals surface area (Å²) < 4.78 is 0. The molecule has 0 saturated heterocycles. The van der Waals surface area contributed by atoms with Gasteiger partial charge in [0.1, 0.15) is 5.78 Å². The number of nitrogens with zero attached hydrogens (tertiary/aromatic N) is 1. The summed E-state index contributed by atoms with van der Waals surface area (Å²) in [7, 11) is 0. The molecule has 4 saturated carbocycles. The molecule has 0 amide bonds. The Labute approximate surface area is 110 Å². The van der Waals surface area contributed by atoms with Crippen LogP contribution in [0.4, 0.5) is 0 Å². The number of aliphatic imine (C=N–C) groups is 1. The summed E-state index contributed by atoms with van der Waals surface area (Å²) in [6.45, 7) is 9.03. The van der Waals surface area contributed by atoms with E-state index in [1.165, 1.54) is 12.0 Å². The minimum Gasteiger partial charge on any atom is -0.299 e. The molecule has 0 aliphatic heterocycles. The monoisotopic (exact) mass is 245 g/mol. The van der Waals surface area contributed by atoms with E-state index in [0.717, 1.165) is 37.3 Å². The predicted octanol–water partition coefficient (Wildman–Crippen LogP) is 3.56. The molecule has 0 unspecified atom stereocenters. The first-order valence-electron chi connectivity index (χ1n) is 7.24. The molecule has 0 spiro atoms. The summed E-state index contributed by atoms with van der Waals surface area (Å²) >= 11 is 0. The summed E-state index contributed by atoms with van der Waals surface area (Å²) in [6.07, 6.45) is 5.83. The van der Waals surface area contributed by atoms with Crippen molar-refractivity contribution in [3.05, 3.63) is 12.2 Å². The van der Waals surface area contributed by atoms with Gasteiger partial charge in [-0.15, -0.1) is 0 Å². The van der Waals surface area contributed by atoms with Gasteiger partial charge < -0.3 is 0 Å². The number of fused-ring (bicyclic) bond motifs is 2. The highest BCUT2D eigenvalue weighted by Gasteiger charge is 2.54. The average Bonchev–Trinajstić information content (AvgIpc) is 2.31. The molecule has 0 aromatic heterocycles.